The average Bonchev–Trinajstić information content (AvgIpc) is 2.59. The van der Waals surface area contributed by atoms with Gasteiger partial charge in [-0.2, -0.15) is 0 Å². The van der Waals surface area contributed by atoms with Gasteiger partial charge in [-0.05, 0) is 29.3 Å². The second-order valence-electron chi connectivity index (χ2n) is 6.19. The SMILES string of the molecule is Nc1cnc2c(c1)CN(Cc1ccc(NCCNC(=O)O)cc1)CC2. The summed E-state index contributed by atoms with van der Waals surface area (Å²) in [7, 11) is 0. The molecule has 7 heteroatoms. The van der Waals surface area contributed by atoms with Gasteiger partial charge in [-0.1, -0.05) is 12.1 Å². The Labute approximate surface area is 146 Å². The molecule has 0 fully saturated rings. The number of aromatic nitrogens is 1. The Balaban J connectivity index is 1.51. The first-order valence-electron chi connectivity index (χ1n) is 8.35. The zero-order chi connectivity index (χ0) is 17.6. The Morgan fingerprint density at radius 2 is 2.08 bits per heavy atom. The summed E-state index contributed by atoms with van der Waals surface area (Å²) in [6, 6.07) is 10.3. The predicted octanol–water partition coefficient (Wildman–Crippen LogP) is 1.90. The molecule has 0 unspecified atom stereocenters. The fourth-order valence-electron chi connectivity index (χ4n) is 3.00. The van der Waals surface area contributed by atoms with Crippen LogP contribution in [-0.2, 0) is 19.5 Å². The lowest BCUT2D eigenvalue weighted by atomic mass is 10.0. The Bertz CT molecular complexity index is 733. The molecule has 132 valence electrons. The van der Waals surface area contributed by atoms with E-state index >= 15 is 0 Å². The highest BCUT2D eigenvalue weighted by molar-refractivity contribution is 5.64. The minimum Gasteiger partial charge on any atom is -0.465 e. The number of nitrogen functional groups attached to an aromatic ring is 1. The van der Waals surface area contributed by atoms with Crippen LogP contribution < -0.4 is 16.4 Å². The maximum absolute atomic E-state index is 10.4. The number of pyridine rings is 1. The Morgan fingerprint density at radius 3 is 2.84 bits per heavy atom. The van der Waals surface area contributed by atoms with Crippen LogP contribution in [0.25, 0.3) is 0 Å². The third-order valence-corrected chi connectivity index (χ3v) is 4.23. The van der Waals surface area contributed by atoms with E-state index in [4.69, 9.17) is 10.8 Å². The molecule has 1 aliphatic heterocycles. The van der Waals surface area contributed by atoms with Gasteiger partial charge >= 0.3 is 6.09 Å². The zero-order valence-corrected chi connectivity index (χ0v) is 14.0. The van der Waals surface area contributed by atoms with E-state index in [9.17, 15) is 4.79 Å². The molecule has 3 rings (SSSR count). The van der Waals surface area contributed by atoms with Gasteiger partial charge in [0, 0.05) is 50.5 Å². The van der Waals surface area contributed by atoms with Crippen LogP contribution in [0.2, 0.25) is 0 Å². The maximum Gasteiger partial charge on any atom is 0.404 e. The second-order valence-corrected chi connectivity index (χ2v) is 6.19. The topological polar surface area (TPSA) is 104 Å². The number of carbonyl (C=O) groups is 1. The van der Waals surface area contributed by atoms with Crippen molar-refractivity contribution in [3.8, 4) is 0 Å². The van der Waals surface area contributed by atoms with E-state index in [0.29, 0.717) is 18.8 Å². The molecule has 0 atom stereocenters. The van der Waals surface area contributed by atoms with E-state index in [-0.39, 0.29) is 0 Å². The number of fused-ring (bicyclic) bond motifs is 1. The van der Waals surface area contributed by atoms with Crippen LogP contribution >= 0.6 is 0 Å². The molecule has 0 saturated carbocycles. The van der Waals surface area contributed by atoms with Crippen LogP contribution in [0.1, 0.15) is 16.8 Å². The van der Waals surface area contributed by atoms with Crippen LogP contribution in [0.5, 0.6) is 0 Å². The Morgan fingerprint density at radius 1 is 1.28 bits per heavy atom. The standard InChI is InChI=1S/C18H23N5O2/c19-15-9-14-12-23(8-5-17(14)22-10-15)11-13-1-3-16(4-2-13)20-6-7-21-18(24)25/h1-4,9-10,20-21H,5-8,11-12,19H2,(H,24,25). The predicted molar refractivity (Wildman–Crippen MR) is 97.4 cm³/mol. The molecule has 0 radical (unpaired) electrons. The van der Waals surface area contributed by atoms with Gasteiger partial charge < -0.3 is 21.5 Å². The van der Waals surface area contributed by atoms with Crippen molar-refractivity contribution < 1.29 is 9.90 Å². The number of hydrogen-bond donors (Lipinski definition) is 4. The van der Waals surface area contributed by atoms with E-state index < -0.39 is 6.09 Å². The van der Waals surface area contributed by atoms with Gasteiger partial charge in [-0.3, -0.25) is 9.88 Å². The number of anilines is 2. The van der Waals surface area contributed by atoms with Gasteiger partial charge in [0.1, 0.15) is 0 Å². The van der Waals surface area contributed by atoms with Crippen LogP contribution in [0.3, 0.4) is 0 Å². The lowest BCUT2D eigenvalue weighted by Crippen LogP contribution is -2.30. The third-order valence-electron chi connectivity index (χ3n) is 4.23. The summed E-state index contributed by atoms with van der Waals surface area (Å²) < 4.78 is 0. The molecule has 2 aromatic rings. The monoisotopic (exact) mass is 341 g/mol. The molecule has 1 aromatic carbocycles. The molecule has 7 nitrogen and oxygen atoms in total. The maximum atomic E-state index is 10.4. The van der Waals surface area contributed by atoms with Crippen LogP contribution in [0.15, 0.2) is 36.5 Å². The van der Waals surface area contributed by atoms with E-state index in [1.54, 1.807) is 6.20 Å². The molecule has 5 N–H and O–H groups in total. The van der Waals surface area contributed by atoms with Crippen LogP contribution in [0, 0.1) is 0 Å². The number of rotatable bonds is 6. The van der Waals surface area contributed by atoms with Crippen molar-refractivity contribution in [2.24, 2.45) is 0 Å². The molecular formula is C18H23N5O2. The summed E-state index contributed by atoms with van der Waals surface area (Å²) in [5.41, 5.74) is 11.2. The molecule has 1 aliphatic rings. The normalized spacial score (nSPS) is 13.9. The largest absolute Gasteiger partial charge is 0.465 e. The highest BCUT2D eigenvalue weighted by Crippen LogP contribution is 2.21. The summed E-state index contributed by atoms with van der Waals surface area (Å²) in [6.45, 7) is 3.68. The van der Waals surface area contributed by atoms with Crippen molar-refractivity contribution in [2.75, 3.05) is 30.7 Å². The third kappa shape index (κ3) is 4.84. The number of carboxylic acid groups (broad SMARTS) is 1. The fourth-order valence-corrected chi connectivity index (χ4v) is 3.00. The highest BCUT2D eigenvalue weighted by Gasteiger charge is 2.17. The van der Waals surface area contributed by atoms with Crippen molar-refractivity contribution >= 4 is 17.5 Å². The number of nitrogens with two attached hydrogens (primary N) is 1. The summed E-state index contributed by atoms with van der Waals surface area (Å²) >= 11 is 0. The quantitative estimate of drug-likeness (QED) is 0.598. The minimum absolute atomic E-state index is 0.376. The number of nitrogens with zero attached hydrogens (tertiary/aromatic N) is 2. The molecule has 0 spiro atoms. The first-order valence-corrected chi connectivity index (χ1v) is 8.35. The summed E-state index contributed by atoms with van der Waals surface area (Å²) in [6.07, 6.45) is 1.68. The van der Waals surface area contributed by atoms with Gasteiger partial charge in [0.15, 0.2) is 0 Å². The number of benzene rings is 1. The molecule has 25 heavy (non-hydrogen) atoms. The van der Waals surface area contributed by atoms with E-state index in [1.807, 2.05) is 18.2 Å². The van der Waals surface area contributed by atoms with Crippen molar-refractivity contribution in [2.45, 2.75) is 19.5 Å². The van der Waals surface area contributed by atoms with Gasteiger partial charge in [-0.15, -0.1) is 0 Å². The molecule has 1 aromatic heterocycles. The van der Waals surface area contributed by atoms with Crippen molar-refractivity contribution in [3.63, 3.8) is 0 Å². The van der Waals surface area contributed by atoms with Crippen molar-refractivity contribution in [1.82, 2.24) is 15.2 Å². The van der Waals surface area contributed by atoms with Crippen molar-refractivity contribution in [1.29, 1.82) is 0 Å². The minimum atomic E-state index is -1.00. The lowest BCUT2D eigenvalue weighted by molar-refractivity contribution is 0.195. The zero-order valence-electron chi connectivity index (χ0n) is 14.0. The van der Waals surface area contributed by atoms with Gasteiger partial charge in [0.2, 0.25) is 0 Å². The van der Waals surface area contributed by atoms with Gasteiger partial charge in [-0.25, -0.2) is 4.79 Å². The van der Waals surface area contributed by atoms with Gasteiger partial charge in [0.05, 0.1) is 11.9 Å². The first-order chi connectivity index (χ1) is 12.1. The number of nitrogens with one attached hydrogen (secondary N) is 2. The summed E-state index contributed by atoms with van der Waals surface area (Å²) in [5, 5.41) is 14.0. The highest BCUT2D eigenvalue weighted by atomic mass is 16.4. The van der Waals surface area contributed by atoms with E-state index in [0.717, 1.165) is 37.4 Å². The first kappa shape index (κ1) is 17.0. The smallest absolute Gasteiger partial charge is 0.404 e. The van der Waals surface area contributed by atoms with E-state index in [2.05, 4.69) is 32.7 Å². The molecule has 2 heterocycles. The Hall–Kier alpha value is -2.80. The van der Waals surface area contributed by atoms with Crippen LogP contribution in [0.4, 0.5) is 16.2 Å². The summed E-state index contributed by atoms with van der Waals surface area (Å²) in [5.74, 6) is 0. The number of amides is 1. The van der Waals surface area contributed by atoms with Crippen LogP contribution in [-0.4, -0.2) is 40.7 Å². The molecule has 0 bridgehead atoms. The summed E-state index contributed by atoms with van der Waals surface area (Å²) in [4.78, 5) is 17.2. The number of hydrogen-bond acceptors (Lipinski definition) is 5. The molecule has 1 amide bonds. The average molecular weight is 341 g/mol. The second kappa shape index (κ2) is 7.85. The molecular weight excluding hydrogens is 318 g/mol. The van der Waals surface area contributed by atoms with E-state index in [1.165, 1.54) is 11.1 Å². The molecule has 0 aliphatic carbocycles. The fraction of sp³-hybridized carbons (Fsp3) is 0.333. The Kier molecular flexibility index (Phi) is 5.35. The van der Waals surface area contributed by atoms with Gasteiger partial charge in [0.25, 0.3) is 0 Å². The molecule has 0 saturated heterocycles. The lowest BCUT2D eigenvalue weighted by Gasteiger charge is -2.28. The van der Waals surface area contributed by atoms with Crippen molar-refractivity contribution in [3.05, 3.63) is 53.3 Å².